The van der Waals surface area contributed by atoms with Gasteiger partial charge in [0.15, 0.2) is 10.2 Å². The summed E-state index contributed by atoms with van der Waals surface area (Å²) >= 11 is 7.05. The zero-order valence-corrected chi connectivity index (χ0v) is 13.1. The standard InChI is InChI=1S/C11H10ClN5O2S2/c1-17-10(7(12)5-14-17)21(18,19)16-11-15-8-3-2-6(13)4-9(8)20-11/h2-5H,13H2,1H3,(H,15,16). The van der Waals surface area contributed by atoms with E-state index in [1.807, 2.05) is 0 Å². The van der Waals surface area contributed by atoms with Crippen molar-refractivity contribution in [3.05, 3.63) is 29.4 Å². The van der Waals surface area contributed by atoms with E-state index in [4.69, 9.17) is 17.3 Å². The highest BCUT2D eigenvalue weighted by Gasteiger charge is 2.24. The zero-order chi connectivity index (χ0) is 15.2. The number of fused-ring (bicyclic) bond motifs is 1. The number of benzene rings is 1. The van der Waals surface area contributed by atoms with E-state index in [1.165, 1.54) is 29.3 Å². The number of nitrogens with two attached hydrogens (primary N) is 1. The average molecular weight is 344 g/mol. The third-order valence-corrected chi connectivity index (χ3v) is 5.64. The zero-order valence-electron chi connectivity index (χ0n) is 10.7. The van der Waals surface area contributed by atoms with Crippen molar-refractivity contribution in [2.24, 2.45) is 7.05 Å². The highest BCUT2D eigenvalue weighted by atomic mass is 35.5. The number of anilines is 2. The second-order valence-electron chi connectivity index (χ2n) is 4.27. The Morgan fingerprint density at radius 2 is 2.19 bits per heavy atom. The van der Waals surface area contributed by atoms with E-state index >= 15 is 0 Å². The largest absolute Gasteiger partial charge is 0.399 e. The molecule has 10 heteroatoms. The van der Waals surface area contributed by atoms with Crippen molar-refractivity contribution in [1.82, 2.24) is 14.8 Å². The number of rotatable bonds is 3. The van der Waals surface area contributed by atoms with Crippen LogP contribution in [0.25, 0.3) is 10.2 Å². The first-order valence-corrected chi connectivity index (χ1v) is 8.41. The molecule has 0 bridgehead atoms. The lowest BCUT2D eigenvalue weighted by molar-refractivity contribution is 0.582. The summed E-state index contributed by atoms with van der Waals surface area (Å²) in [5, 5.41) is 4.00. The molecule has 0 amide bonds. The summed E-state index contributed by atoms with van der Waals surface area (Å²) < 4.78 is 29.1. The molecule has 1 aromatic carbocycles. The van der Waals surface area contributed by atoms with Crippen LogP contribution in [0.3, 0.4) is 0 Å². The van der Waals surface area contributed by atoms with E-state index in [-0.39, 0.29) is 15.2 Å². The molecular formula is C11H10ClN5O2S2. The van der Waals surface area contributed by atoms with E-state index in [2.05, 4.69) is 14.8 Å². The number of hydrogen-bond donors (Lipinski definition) is 2. The Morgan fingerprint density at radius 3 is 2.86 bits per heavy atom. The smallest absolute Gasteiger partial charge is 0.282 e. The van der Waals surface area contributed by atoms with Gasteiger partial charge in [-0.15, -0.1) is 0 Å². The van der Waals surface area contributed by atoms with Crippen molar-refractivity contribution in [3.63, 3.8) is 0 Å². The number of thiazole rings is 1. The van der Waals surface area contributed by atoms with Gasteiger partial charge in [0.2, 0.25) is 0 Å². The third-order valence-electron chi connectivity index (χ3n) is 2.73. The fraction of sp³-hybridized carbons (Fsp3) is 0.0909. The molecule has 0 saturated heterocycles. The van der Waals surface area contributed by atoms with Gasteiger partial charge >= 0.3 is 0 Å². The molecule has 0 spiro atoms. The Morgan fingerprint density at radius 1 is 1.43 bits per heavy atom. The molecule has 110 valence electrons. The third kappa shape index (κ3) is 2.55. The first-order valence-electron chi connectivity index (χ1n) is 5.73. The molecule has 3 aromatic rings. The number of sulfonamides is 1. The van der Waals surface area contributed by atoms with Gasteiger partial charge in [-0.1, -0.05) is 22.9 Å². The summed E-state index contributed by atoms with van der Waals surface area (Å²) in [5.41, 5.74) is 6.95. The lowest BCUT2D eigenvalue weighted by Crippen LogP contribution is -2.16. The molecule has 3 N–H and O–H groups in total. The topological polar surface area (TPSA) is 103 Å². The number of nitrogens with zero attached hydrogens (tertiary/aromatic N) is 3. The van der Waals surface area contributed by atoms with Crippen LogP contribution in [-0.2, 0) is 17.1 Å². The van der Waals surface area contributed by atoms with Crippen LogP contribution in [0.4, 0.5) is 10.8 Å². The molecule has 0 aliphatic heterocycles. The Balaban J connectivity index is 2.01. The number of nitrogens with one attached hydrogen (secondary N) is 1. The summed E-state index contributed by atoms with van der Waals surface area (Å²) in [6.07, 6.45) is 1.27. The highest BCUT2D eigenvalue weighted by Crippen LogP contribution is 2.30. The molecule has 0 fully saturated rings. The van der Waals surface area contributed by atoms with Crippen molar-refractivity contribution in [3.8, 4) is 0 Å². The summed E-state index contributed by atoms with van der Waals surface area (Å²) in [7, 11) is -2.35. The quantitative estimate of drug-likeness (QED) is 0.708. The van der Waals surface area contributed by atoms with Gasteiger partial charge in [0.1, 0.15) is 0 Å². The molecule has 0 aliphatic carbocycles. The summed E-state index contributed by atoms with van der Waals surface area (Å²) in [6, 6.07) is 5.18. The van der Waals surface area contributed by atoms with Gasteiger partial charge in [0, 0.05) is 12.7 Å². The van der Waals surface area contributed by atoms with Crippen molar-refractivity contribution in [2.45, 2.75) is 5.03 Å². The molecule has 3 rings (SSSR count). The SMILES string of the molecule is Cn1ncc(Cl)c1S(=O)(=O)Nc1nc2ccc(N)cc2s1. The van der Waals surface area contributed by atoms with E-state index < -0.39 is 10.0 Å². The number of halogens is 1. The lowest BCUT2D eigenvalue weighted by atomic mass is 10.3. The number of aromatic nitrogens is 3. The molecule has 0 unspecified atom stereocenters. The Hall–Kier alpha value is -1.84. The molecule has 0 atom stereocenters. The molecule has 0 aliphatic rings. The fourth-order valence-electron chi connectivity index (χ4n) is 1.85. The van der Waals surface area contributed by atoms with Crippen LogP contribution in [0.5, 0.6) is 0 Å². The predicted molar refractivity (Wildman–Crippen MR) is 83.1 cm³/mol. The van der Waals surface area contributed by atoms with E-state index in [0.29, 0.717) is 11.2 Å². The minimum Gasteiger partial charge on any atom is -0.399 e. The van der Waals surface area contributed by atoms with Crippen LogP contribution in [0, 0.1) is 0 Å². The van der Waals surface area contributed by atoms with Crippen molar-refractivity contribution >= 4 is 54.0 Å². The van der Waals surface area contributed by atoms with Gasteiger partial charge in [0.25, 0.3) is 10.0 Å². The van der Waals surface area contributed by atoms with Gasteiger partial charge in [-0.3, -0.25) is 9.40 Å². The van der Waals surface area contributed by atoms with Gasteiger partial charge in [-0.2, -0.15) is 13.5 Å². The minimum atomic E-state index is -3.85. The predicted octanol–water partition coefficient (Wildman–Crippen LogP) is 2.07. The Kier molecular flexibility index (Phi) is 3.27. The van der Waals surface area contributed by atoms with Crippen molar-refractivity contribution < 1.29 is 8.42 Å². The Labute approximate surface area is 129 Å². The molecule has 0 radical (unpaired) electrons. The van der Waals surface area contributed by atoms with Crippen molar-refractivity contribution in [2.75, 3.05) is 10.5 Å². The lowest BCUT2D eigenvalue weighted by Gasteiger charge is -2.05. The number of aryl methyl sites for hydroxylation is 1. The fourth-order valence-corrected chi connectivity index (χ4v) is 4.66. The van der Waals surface area contributed by atoms with Crippen LogP contribution >= 0.6 is 22.9 Å². The van der Waals surface area contributed by atoms with E-state index in [1.54, 1.807) is 18.2 Å². The molecule has 0 saturated carbocycles. The molecule has 2 aromatic heterocycles. The van der Waals surface area contributed by atoms with Crippen LogP contribution in [0.1, 0.15) is 0 Å². The summed E-state index contributed by atoms with van der Waals surface area (Å²) in [5.74, 6) is 0. The van der Waals surface area contributed by atoms with Gasteiger partial charge in [-0.05, 0) is 18.2 Å². The molecule has 21 heavy (non-hydrogen) atoms. The van der Waals surface area contributed by atoms with Gasteiger partial charge in [-0.25, -0.2) is 4.98 Å². The maximum absolute atomic E-state index is 12.3. The summed E-state index contributed by atoms with van der Waals surface area (Å²) in [6.45, 7) is 0. The molecular weight excluding hydrogens is 334 g/mol. The second-order valence-corrected chi connectivity index (χ2v) is 7.31. The second kappa shape index (κ2) is 4.86. The Bertz CT molecular complexity index is 912. The maximum atomic E-state index is 12.3. The monoisotopic (exact) mass is 343 g/mol. The molecule has 7 nitrogen and oxygen atoms in total. The maximum Gasteiger partial charge on any atom is 0.282 e. The highest BCUT2D eigenvalue weighted by molar-refractivity contribution is 7.93. The van der Waals surface area contributed by atoms with E-state index in [9.17, 15) is 8.42 Å². The van der Waals surface area contributed by atoms with Gasteiger partial charge < -0.3 is 5.73 Å². The number of nitrogen functional groups attached to an aromatic ring is 1. The normalized spacial score (nSPS) is 11.9. The van der Waals surface area contributed by atoms with Crippen LogP contribution < -0.4 is 10.5 Å². The van der Waals surface area contributed by atoms with Crippen LogP contribution in [0.2, 0.25) is 5.02 Å². The average Bonchev–Trinajstić information content (AvgIpc) is 2.91. The van der Waals surface area contributed by atoms with Crippen molar-refractivity contribution in [1.29, 1.82) is 0 Å². The van der Waals surface area contributed by atoms with Gasteiger partial charge in [0.05, 0.1) is 21.4 Å². The minimum absolute atomic E-state index is 0.0513. The number of hydrogen-bond acceptors (Lipinski definition) is 6. The first kappa shape index (κ1) is 14.1. The summed E-state index contributed by atoms with van der Waals surface area (Å²) in [4.78, 5) is 4.21. The molecule has 2 heterocycles. The van der Waals surface area contributed by atoms with Crippen LogP contribution in [0.15, 0.2) is 29.4 Å². The van der Waals surface area contributed by atoms with Crippen LogP contribution in [-0.4, -0.2) is 23.2 Å². The first-order chi connectivity index (χ1) is 9.87. The van der Waals surface area contributed by atoms with E-state index in [0.717, 1.165) is 4.70 Å².